The summed E-state index contributed by atoms with van der Waals surface area (Å²) in [6, 6.07) is 10.3. The van der Waals surface area contributed by atoms with Gasteiger partial charge in [0, 0.05) is 19.6 Å². The predicted molar refractivity (Wildman–Crippen MR) is 69.1 cm³/mol. The van der Waals surface area contributed by atoms with Crippen molar-refractivity contribution in [3.05, 3.63) is 35.9 Å². The summed E-state index contributed by atoms with van der Waals surface area (Å²) in [7, 11) is 0. The van der Waals surface area contributed by atoms with Crippen molar-refractivity contribution in [3.8, 4) is 0 Å². The molecular formula is C15H19NO2. The minimum Gasteiger partial charge on any atom is -0.481 e. The molecule has 1 N–H and O–H groups in total. The number of benzene rings is 1. The van der Waals surface area contributed by atoms with Crippen LogP contribution in [0, 0.1) is 17.8 Å². The van der Waals surface area contributed by atoms with E-state index in [-0.39, 0.29) is 5.92 Å². The Morgan fingerprint density at radius 1 is 1.22 bits per heavy atom. The molecule has 1 aliphatic carbocycles. The van der Waals surface area contributed by atoms with Crippen molar-refractivity contribution >= 4 is 5.97 Å². The number of hydrogen-bond acceptors (Lipinski definition) is 2. The first kappa shape index (κ1) is 11.7. The Kier molecular flexibility index (Phi) is 3.08. The molecule has 0 unspecified atom stereocenters. The van der Waals surface area contributed by atoms with E-state index in [9.17, 15) is 9.90 Å². The topological polar surface area (TPSA) is 40.5 Å². The molecular weight excluding hydrogens is 226 g/mol. The van der Waals surface area contributed by atoms with Crippen molar-refractivity contribution in [2.45, 2.75) is 19.4 Å². The second-order valence-corrected chi connectivity index (χ2v) is 5.63. The van der Waals surface area contributed by atoms with Crippen LogP contribution in [0.1, 0.15) is 18.4 Å². The van der Waals surface area contributed by atoms with Crippen LogP contribution >= 0.6 is 0 Å². The highest BCUT2D eigenvalue weighted by Crippen LogP contribution is 2.44. The molecule has 1 heterocycles. The Bertz CT molecular complexity index is 427. The average Bonchev–Trinajstić information content (AvgIpc) is 3.12. The maximum absolute atomic E-state index is 11.3. The standard InChI is InChI=1S/C15H19NO2/c17-15(18)14-10-16(9-13(14)12-6-7-12)8-11-4-2-1-3-5-11/h1-5,12-14H,6-10H2,(H,17,18)/t13-,14-/m1/s1. The van der Waals surface area contributed by atoms with Gasteiger partial charge in [-0.1, -0.05) is 30.3 Å². The summed E-state index contributed by atoms with van der Waals surface area (Å²) in [5, 5.41) is 9.32. The Morgan fingerprint density at radius 3 is 2.56 bits per heavy atom. The van der Waals surface area contributed by atoms with Gasteiger partial charge in [-0.15, -0.1) is 0 Å². The summed E-state index contributed by atoms with van der Waals surface area (Å²) in [5.74, 6) is 0.293. The summed E-state index contributed by atoms with van der Waals surface area (Å²) < 4.78 is 0. The first-order valence-electron chi connectivity index (χ1n) is 6.73. The maximum Gasteiger partial charge on any atom is 0.308 e. The minimum atomic E-state index is -0.609. The molecule has 3 heteroatoms. The highest BCUT2D eigenvalue weighted by molar-refractivity contribution is 5.71. The maximum atomic E-state index is 11.3. The lowest BCUT2D eigenvalue weighted by Gasteiger charge is -2.15. The van der Waals surface area contributed by atoms with E-state index >= 15 is 0 Å². The summed E-state index contributed by atoms with van der Waals surface area (Å²) in [6.45, 7) is 2.55. The number of aliphatic carboxylic acids is 1. The van der Waals surface area contributed by atoms with Gasteiger partial charge in [-0.2, -0.15) is 0 Å². The third-order valence-corrected chi connectivity index (χ3v) is 4.23. The van der Waals surface area contributed by atoms with Crippen LogP contribution in [-0.4, -0.2) is 29.1 Å². The third-order valence-electron chi connectivity index (χ3n) is 4.23. The summed E-state index contributed by atoms with van der Waals surface area (Å²) in [5.41, 5.74) is 1.28. The largest absolute Gasteiger partial charge is 0.481 e. The molecule has 1 aromatic rings. The number of carbonyl (C=O) groups is 1. The SMILES string of the molecule is O=C(O)[C@@H]1CN(Cc2ccccc2)C[C@@H]1C1CC1. The van der Waals surface area contributed by atoms with E-state index < -0.39 is 5.97 Å². The molecule has 96 valence electrons. The van der Waals surface area contributed by atoms with Gasteiger partial charge in [0.1, 0.15) is 0 Å². The van der Waals surface area contributed by atoms with Gasteiger partial charge in [-0.05, 0) is 30.2 Å². The van der Waals surface area contributed by atoms with Crippen LogP contribution < -0.4 is 0 Å². The van der Waals surface area contributed by atoms with E-state index in [0.29, 0.717) is 18.4 Å². The Morgan fingerprint density at radius 2 is 1.94 bits per heavy atom. The molecule has 18 heavy (non-hydrogen) atoms. The van der Waals surface area contributed by atoms with Crippen LogP contribution in [0.15, 0.2) is 30.3 Å². The zero-order valence-corrected chi connectivity index (χ0v) is 10.5. The number of carboxylic acids is 1. The van der Waals surface area contributed by atoms with Gasteiger partial charge in [0.25, 0.3) is 0 Å². The van der Waals surface area contributed by atoms with Crippen molar-refractivity contribution in [1.82, 2.24) is 4.90 Å². The molecule has 0 spiro atoms. The monoisotopic (exact) mass is 245 g/mol. The lowest BCUT2D eigenvalue weighted by molar-refractivity contribution is -0.142. The van der Waals surface area contributed by atoms with Crippen LogP contribution in [-0.2, 0) is 11.3 Å². The van der Waals surface area contributed by atoms with E-state index in [2.05, 4.69) is 17.0 Å². The van der Waals surface area contributed by atoms with Crippen molar-refractivity contribution < 1.29 is 9.90 Å². The smallest absolute Gasteiger partial charge is 0.308 e. The van der Waals surface area contributed by atoms with Gasteiger partial charge in [-0.25, -0.2) is 0 Å². The van der Waals surface area contributed by atoms with Crippen LogP contribution in [0.5, 0.6) is 0 Å². The zero-order chi connectivity index (χ0) is 12.5. The molecule has 3 rings (SSSR count). The molecule has 0 aromatic heterocycles. The van der Waals surface area contributed by atoms with Crippen molar-refractivity contribution in [1.29, 1.82) is 0 Å². The first-order valence-corrected chi connectivity index (χ1v) is 6.73. The highest BCUT2D eigenvalue weighted by atomic mass is 16.4. The molecule has 0 radical (unpaired) electrons. The lowest BCUT2D eigenvalue weighted by atomic mass is 9.92. The quantitative estimate of drug-likeness (QED) is 0.884. The number of nitrogens with zero attached hydrogens (tertiary/aromatic N) is 1. The highest BCUT2D eigenvalue weighted by Gasteiger charge is 2.45. The van der Waals surface area contributed by atoms with Crippen molar-refractivity contribution in [2.75, 3.05) is 13.1 Å². The van der Waals surface area contributed by atoms with Gasteiger partial charge in [0.05, 0.1) is 5.92 Å². The Hall–Kier alpha value is -1.35. The normalized spacial score (nSPS) is 28.4. The summed E-state index contributed by atoms with van der Waals surface area (Å²) in [4.78, 5) is 13.6. The molecule has 0 bridgehead atoms. The summed E-state index contributed by atoms with van der Waals surface area (Å²) >= 11 is 0. The van der Waals surface area contributed by atoms with Gasteiger partial charge in [-0.3, -0.25) is 9.69 Å². The van der Waals surface area contributed by atoms with E-state index in [4.69, 9.17) is 0 Å². The van der Waals surface area contributed by atoms with E-state index in [0.717, 1.165) is 13.1 Å². The van der Waals surface area contributed by atoms with E-state index in [1.165, 1.54) is 18.4 Å². The predicted octanol–water partition coefficient (Wildman–Crippen LogP) is 2.23. The lowest BCUT2D eigenvalue weighted by Crippen LogP contribution is -2.24. The van der Waals surface area contributed by atoms with Crippen LogP contribution in [0.4, 0.5) is 0 Å². The summed E-state index contributed by atoms with van der Waals surface area (Å²) in [6.07, 6.45) is 2.46. The number of rotatable bonds is 4. The molecule has 1 saturated carbocycles. The molecule has 0 amide bonds. The molecule has 2 atom stereocenters. The first-order chi connectivity index (χ1) is 8.74. The van der Waals surface area contributed by atoms with Gasteiger partial charge >= 0.3 is 5.97 Å². The fourth-order valence-electron chi connectivity index (χ4n) is 3.15. The zero-order valence-electron chi connectivity index (χ0n) is 10.5. The van der Waals surface area contributed by atoms with Crippen LogP contribution in [0.2, 0.25) is 0 Å². The van der Waals surface area contributed by atoms with Gasteiger partial charge < -0.3 is 5.11 Å². The molecule has 3 nitrogen and oxygen atoms in total. The van der Waals surface area contributed by atoms with E-state index in [1.807, 2.05) is 18.2 Å². The molecule has 2 fully saturated rings. The second kappa shape index (κ2) is 4.73. The Labute approximate surface area is 107 Å². The van der Waals surface area contributed by atoms with Gasteiger partial charge in [0.15, 0.2) is 0 Å². The molecule has 2 aliphatic rings. The van der Waals surface area contributed by atoms with Crippen LogP contribution in [0.3, 0.4) is 0 Å². The molecule has 1 aliphatic heterocycles. The third kappa shape index (κ3) is 2.41. The number of likely N-dealkylation sites (tertiary alicyclic amines) is 1. The van der Waals surface area contributed by atoms with Crippen LogP contribution in [0.25, 0.3) is 0 Å². The van der Waals surface area contributed by atoms with Crippen molar-refractivity contribution in [3.63, 3.8) is 0 Å². The number of hydrogen-bond donors (Lipinski definition) is 1. The molecule has 1 aromatic carbocycles. The number of carboxylic acid groups (broad SMARTS) is 1. The average molecular weight is 245 g/mol. The fourth-order valence-corrected chi connectivity index (χ4v) is 3.15. The molecule has 1 saturated heterocycles. The second-order valence-electron chi connectivity index (χ2n) is 5.63. The Balaban J connectivity index is 1.66. The minimum absolute atomic E-state index is 0.152. The van der Waals surface area contributed by atoms with Crippen molar-refractivity contribution in [2.24, 2.45) is 17.8 Å². The van der Waals surface area contributed by atoms with E-state index in [1.54, 1.807) is 0 Å². The van der Waals surface area contributed by atoms with Gasteiger partial charge in [0.2, 0.25) is 0 Å². The fraction of sp³-hybridized carbons (Fsp3) is 0.533.